The van der Waals surface area contributed by atoms with E-state index >= 15 is 0 Å². The Bertz CT molecular complexity index is 921. The van der Waals surface area contributed by atoms with E-state index in [0.717, 1.165) is 11.6 Å². The van der Waals surface area contributed by atoms with Gasteiger partial charge in [-0.2, -0.15) is 8.42 Å². The first-order valence-electron chi connectivity index (χ1n) is 7.26. The van der Waals surface area contributed by atoms with Crippen LogP contribution in [0.4, 0.5) is 5.69 Å². The Kier molecular flexibility index (Phi) is 5.43. The van der Waals surface area contributed by atoms with Crippen LogP contribution in [-0.4, -0.2) is 20.5 Å². The van der Waals surface area contributed by atoms with Gasteiger partial charge in [0.15, 0.2) is 11.5 Å². The molecule has 0 atom stereocenters. The number of hydrogen-bond acceptors (Lipinski definition) is 6. The molecule has 0 fully saturated rings. The Morgan fingerprint density at radius 2 is 1.92 bits per heavy atom. The number of ether oxygens (including phenoxy) is 1. The van der Waals surface area contributed by atoms with E-state index in [4.69, 9.17) is 8.92 Å². The monoisotopic (exact) mass is 363 g/mol. The first-order valence-corrected chi connectivity index (χ1v) is 8.66. The number of aryl methyl sites for hydroxylation is 1. The molecule has 0 aliphatic heterocycles. The Morgan fingerprint density at radius 1 is 1.20 bits per heavy atom. The van der Waals surface area contributed by atoms with Gasteiger partial charge in [0.1, 0.15) is 4.90 Å². The fraction of sp³-hybridized carbons (Fsp3) is 0.176. The molecule has 7 nitrogen and oxygen atoms in total. The van der Waals surface area contributed by atoms with Crippen molar-refractivity contribution in [3.63, 3.8) is 0 Å². The Labute approximate surface area is 145 Å². The van der Waals surface area contributed by atoms with Crippen molar-refractivity contribution in [2.75, 3.05) is 7.11 Å². The van der Waals surface area contributed by atoms with Crippen LogP contribution < -0.4 is 8.92 Å². The zero-order valence-electron chi connectivity index (χ0n) is 13.8. The van der Waals surface area contributed by atoms with E-state index in [1.165, 1.54) is 32.2 Å². The van der Waals surface area contributed by atoms with Gasteiger partial charge in [0.2, 0.25) is 0 Å². The molecule has 25 heavy (non-hydrogen) atoms. The summed E-state index contributed by atoms with van der Waals surface area (Å²) in [5.74, 6) is 0.243. The number of nitrogens with zero attached hydrogens (tertiary/aromatic N) is 1. The highest BCUT2D eigenvalue weighted by molar-refractivity contribution is 7.87. The van der Waals surface area contributed by atoms with Crippen LogP contribution in [0.3, 0.4) is 0 Å². The van der Waals surface area contributed by atoms with Crippen molar-refractivity contribution >= 4 is 15.8 Å². The summed E-state index contributed by atoms with van der Waals surface area (Å²) in [6.45, 7) is 5.17. The third-order valence-corrected chi connectivity index (χ3v) is 4.84. The molecule has 0 heterocycles. The number of rotatable bonds is 7. The summed E-state index contributed by atoms with van der Waals surface area (Å²) in [4.78, 5) is 9.96. The van der Waals surface area contributed by atoms with Gasteiger partial charge in [0.25, 0.3) is 5.69 Å². The molecule has 0 spiro atoms. The van der Waals surface area contributed by atoms with Gasteiger partial charge in [-0.3, -0.25) is 10.1 Å². The molecule has 0 radical (unpaired) electrons. The minimum Gasteiger partial charge on any atom is -0.493 e. The summed E-state index contributed by atoms with van der Waals surface area (Å²) in [5.41, 5.74) is 0.886. The van der Waals surface area contributed by atoms with E-state index in [0.29, 0.717) is 12.0 Å². The molecule has 0 saturated carbocycles. The molecule has 8 heteroatoms. The first-order chi connectivity index (χ1) is 11.8. The standard InChI is InChI=1S/C17H17NO6S/c1-4-5-13-7-9-15(16(10-13)23-3)24-25(21,22)17-11-14(18(19)20)8-6-12(17)2/h4,6-11H,1,5H2,2-3H3. The highest BCUT2D eigenvalue weighted by Gasteiger charge is 2.24. The fourth-order valence-corrected chi connectivity index (χ4v) is 3.40. The molecule has 2 aromatic rings. The van der Waals surface area contributed by atoms with Gasteiger partial charge in [0, 0.05) is 12.1 Å². The molecular formula is C17H17NO6S. The smallest absolute Gasteiger partial charge is 0.339 e. The summed E-state index contributed by atoms with van der Waals surface area (Å²) in [6, 6.07) is 8.38. The van der Waals surface area contributed by atoms with E-state index < -0.39 is 15.0 Å². The van der Waals surface area contributed by atoms with Crippen LogP contribution in [0.2, 0.25) is 0 Å². The molecule has 2 aromatic carbocycles. The lowest BCUT2D eigenvalue weighted by atomic mass is 10.1. The summed E-state index contributed by atoms with van der Waals surface area (Å²) < 4.78 is 35.5. The number of non-ortho nitro benzene ring substituents is 1. The Balaban J connectivity index is 2.44. The summed E-state index contributed by atoms with van der Waals surface area (Å²) >= 11 is 0. The largest absolute Gasteiger partial charge is 0.493 e. The number of benzene rings is 2. The molecule has 0 bridgehead atoms. The predicted octanol–water partition coefficient (Wildman–Crippen LogP) is 3.41. The van der Waals surface area contributed by atoms with Gasteiger partial charge in [0.05, 0.1) is 12.0 Å². The number of methoxy groups -OCH3 is 1. The van der Waals surface area contributed by atoms with E-state index in [1.807, 2.05) is 0 Å². The second kappa shape index (κ2) is 7.35. The average Bonchev–Trinajstić information content (AvgIpc) is 2.56. The van der Waals surface area contributed by atoms with Crippen molar-refractivity contribution in [3.8, 4) is 11.5 Å². The third-order valence-electron chi connectivity index (χ3n) is 3.46. The van der Waals surface area contributed by atoms with Crippen molar-refractivity contribution in [1.29, 1.82) is 0 Å². The number of allylic oxidation sites excluding steroid dienone is 1. The molecule has 0 aliphatic rings. The van der Waals surface area contributed by atoms with Crippen molar-refractivity contribution in [2.45, 2.75) is 18.2 Å². The van der Waals surface area contributed by atoms with Gasteiger partial charge in [-0.25, -0.2) is 0 Å². The zero-order valence-corrected chi connectivity index (χ0v) is 14.6. The van der Waals surface area contributed by atoms with Crippen LogP contribution in [0.25, 0.3) is 0 Å². The maximum Gasteiger partial charge on any atom is 0.339 e. The van der Waals surface area contributed by atoms with Gasteiger partial charge < -0.3 is 8.92 Å². The molecule has 132 valence electrons. The minimum absolute atomic E-state index is 0.00113. The molecule has 0 saturated heterocycles. The highest BCUT2D eigenvalue weighted by atomic mass is 32.2. The molecule has 0 unspecified atom stereocenters. The Hall–Kier alpha value is -2.87. The van der Waals surface area contributed by atoms with E-state index in [2.05, 4.69) is 6.58 Å². The maximum atomic E-state index is 12.6. The third kappa shape index (κ3) is 4.16. The van der Waals surface area contributed by atoms with Gasteiger partial charge in [-0.1, -0.05) is 18.2 Å². The lowest BCUT2D eigenvalue weighted by Gasteiger charge is -2.13. The van der Waals surface area contributed by atoms with Crippen LogP contribution in [0.5, 0.6) is 11.5 Å². The minimum atomic E-state index is -4.26. The first kappa shape index (κ1) is 18.5. The van der Waals surface area contributed by atoms with Gasteiger partial charge in [-0.05, 0) is 36.6 Å². The summed E-state index contributed by atoms with van der Waals surface area (Å²) in [7, 11) is -2.87. The Morgan fingerprint density at radius 3 is 2.52 bits per heavy atom. The van der Waals surface area contributed by atoms with Crippen LogP contribution in [0.15, 0.2) is 53.9 Å². The number of nitro groups is 1. The fourth-order valence-electron chi connectivity index (χ4n) is 2.21. The van der Waals surface area contributed by atoms with Crippen LogP contribution in [-0.2, 0) is 16.5 Å². The molecule has 0 aromatic heterocycles. The normalized spacial score (nSPS) is 11.0. The van der Waals surface area contributed by atoms with Crippen LogP contribution in [0, 0.1) is 17.0 Å². The lowest BCUT2D eigenvalue weighted by Crippen LogP contribution is -2.12. The summed E-state index contributed by atoms with van der Waals surface area (Å²) in [5, 5.41) is 10.9. The second-order valence-corrected chi connectivity index (χ2v) is 6.74. The van der Waals surface area contributed by atoms with E-state index in [1.54, 1.807) is 18.2 Å². The molecular weight excluding hydrogens is 346 g/mol. The van der Waals surface area contributed by atoms with Crippen LogP contribution >= 0.6 is 0 Å². The van der Waals surface area contributed by atoms with Gasteiger partial charge >= 0.3 is 10.1 Å². The lowest BCUT2D eigenvalue weighted by molar-refractivity contribution is -0.385. The average molecular weight is 363 g/mol. The zero-order chi connectivity index (χ0) is 18.6. The number of hydrogen-bond donors (Lipinski definition) is 0. The SMILES string of the molecule is C=CCc1ccc(OS(=O)(=O)c2cc([N+](=O)[O-])ccc2C)c(OC)c1. The van der Waals surface area contributed by atoms with Crippen molar-refractivity contribution in [3.05, 3.63) is 70.3 Å². The van der Waals surface area contributed by atoms with E-state index in [9.17, 15) is 18.5 Å². The topological polar surface area (TPSA) is 95.7 Å². The second-order valence-electron chi connectivity index (χ2n) is 5.22. The van der Waals surface area contributed by atoms with Crippen molar-refractivity contribution < 1.29 is 22.3 Å². The maximum absolute atomic E-state index is 12.6. The summed E-state index contributed by atoms with van der Waals surface area (Å²) in [6.07, 6.45) is 2.30. The molecule has 0 amide bonds. The van der Waals surface area contributed by atoms with Crippen molar-refractivity contribution in [1.82, 2.24) is 0 Å². The van der Waals surface area contributed by atoms with Gasteiger partial charge in [-0.15, -0.1) is 6.58 Å². The quantitative estimate of drug-likeness (QED) is 0.324. The highest BCUT2D eigenvalue weighted by Crippen LogP contribution is 2.32. The predicted molar refractivity (Wildman–Crippen MR) is 92.5 cm³/mol. The number of nitro benzene ring substituents is 1. The molecule has 0 N–H and O–H groups in total. The molecule has 2 rings (SSSR count). The van der Waals surface area contributed by atoms with Crippen LogP contribution in [0.1, 0.15) is 11.1 Å². The van der Waals surface area contributed by atoms with Crippen molar-refractivity contribution in [2.24, 2.45) is 0 Å². The van der Waals surface area contributed by atoms with E-state index in [-0.39, 0.29) is 22.1 Å². The molecule has 0 aliphatic carbocycles.